The number of nitrogens with zero attached hydrogens (tertiary/aromatic N) is 1. The van der Waals surface area contributed by atoms with Crippen LogP contribution < -0.4 is 11.2 Å². The van der Waals surface area contributed by atoms with Crippen LogP contribution in [0.2, 0.25) is 0 Å². The van der Waals surface area contributed by atoms with Crippen LogP contribution in [0.5, 0.6) is 0 Å². The second kappa shape index (κ2) is 6.82. The van der Waals surface area contributed by atoms with Crippen LogP contribution in [-0.4, -0.2) is 43.3 Å². The summed E-state index contributed by atoms with van der Waals surface area (Å²) in [6.45, 7) is 0.994. The van der Waals surface area contributed by atoms with E-state index >= 15 is 0 Å². The van der Waals surface area contributed by atoms with Crippen LogP contribution in [0.4, 0.5) is 4.70 Å². The van der Waals surface area contributed by atoms with Gasteiger partial charge in [-0.25, -0.2) is 9.36 Å². The molecule has 1 aliphatic heterocycles. The zero-order valence-corrected chi connectivity index (χ0v) is 12.3. The maximum Gasteiger partial charge on any atom is 0.469 e. The Kier molecular flexibility index (Phi) is 5.79. The predicted octanol–water partition coefficient (Wildman–Crippen LogP) is -1.24. The van der Waals surface area contributed by atoms with Gasteiger partial charge in [-0.2, -0.15) is 0 Å². The van der Waals surface area contributed by atoms with Crippen LogP contribution in [0, 0.1) is 6.92 Å². The highest BCUT2D eigenvalue weighted by Gasteiger charge is 2.37. The van der Waals surface area contributed by atoms with E-state index in [0.717, 1.165) is 4.57 Å². The number of rotatable bonds is 4. The number of nitrogens with one attached hydrogen (secondary N) is 1. The average molecular weight is 342 g/mol. The molecule has 0 saturated carbocycles. The molecule has 0 unspecified atom stereocenters. The molecule has 1 saturated heterocycles. The number of halogens is 1. The highest BCUT2D eigenvalue weighted by atomic mass is 31.2. The predicted molar refractivity (Wildman–Crippen MR) is 71.1 cm³/mol. The largest absolute Gasteiger partial charge is 0.469 e. The molecule has 0 radical (unpaired) electrons. The molecule has 126 valence electrons. The Balaban J connectivity index is 0.00000242. The molecule has 0 spiro atoms. The quantitative estimate of drug-likeness (QED) is 0.496. The van der Waals surface area contributed by atoms with E-state index in [0.29, 0.717) is 5.56 Å². The van der Waals surface area contributed by atoms with Gasteiger partial charge < -0.3 is 19.6 Å². The lowest BCUT2D eigenvalue weighted by Crippen LogP contribution is -2.33. The molecule has 0 bridgehead atoms. The van der Waals surface area contributed by atoms with Gasteiger partial charge in [0.25, 0.3) is 5.56 Å². The smallest absolute Gasteiger partial charge is 0.390 e. The number of phosphoric acid groups is 1. The van der Waals surface area contributed by atoms with Crippen LogP contribution in [0.3, 0.4) is 0 Å². The number of aromatic amines is 1. The molecule has 3 atom stereocenters. The normalized spacial score (nSPS) is 25.0. The number of aromatic nitrogens is 2. The summed E-state index contributed by atoms with van der Waals surface area (Å²) in [5.41, 5.74) is -0.918. The van der Waals surface area contributed by atoms with Gasteiger partial charge in [0.15, 0.2) is 0 Å². The second-order valence-electron chi connectivity index (χ2n) is 4.70. The van der Waals surface area contributed by atoms with E-state index < -0.39 is 44.1 Å². The molecule has 12 heteroatoms. The Morgan fingerprint density at radius 1 is 1.50 bits per heavy atom. The highest BCUT2D eigenvalue weighted by molar-refractivity contribution is 7.46. The SMILES string of the molecule is Cc1cn([C@H]2C[C@H](O)[C@@H](COP(=O)(O)O)O2)c(=O)[nH]c1=O.F. The molecule has 2 heterocycles. The summed E-state index contributed by atoms with van der Waals surface area (Å²) in [5, 5.41) is 9.79. The number of H-pyrrole nitrogens is 1. The Morgan fingerprint density at radius 3 is 2.73 bits per heavy atom. The lowest BCUT2D eigenvalue weighted by molar-refractivity contribution is -0.0451. The van der Waals surface area contributed by atoms with Crippen LogP contribution in [0.15, 0.2) is 15.8 Å². The molecule has 10 nitrogen and oxygen atoms in total. The molecule has 0 aliphatic carbocycles. The van der Waals surface area contributed by atoms with Crippen LogP contribution >= 0.6 is 7.82 Å². The first-order valence-electron chi connectivity index (χ1n) is 6.03. The van der Waals surface area contributed by atoms with Gasteiger partial charge in [-0.3, -0.25) is 23.6 Å². The topological polar surface area (TPSA) is 151 Å². The monoisotopic (exact) mass is 342 g/mol. The Bertz CT molecular complexity index is 682. The van der Waals surface area contributed by atoms with E-state index in [2.05, 4.69) is 9.51 Å². The third-order valence-corrected chi connectivity index (χ3v) is 3.55. The summed E-state index contributed by atoms with van der Waals surface area (Å²) in [5.74, 6) is 0. The lowest BCUT2D eigenvalue weighted by atomic mass is 10.2. The summed E-state index contributed by atoms with van der Waals surface area (Å²) in [6, 6.07) is 0. The van der Waals surface area contributed by atoms with Crippen LogP contribution in [0.25, 0.3) is 0 Å². The maximum absolute atomic E-state index is 11.7. The molecule has 1 aromatic heterocycles. The van der Waals surface area contributed by atoms with Crippen molar-refractivity contribution in [2.75, 3.05) is 6.61 Å². The maximum atomic E-state index is 11.7. The highest BCUT2D eigenvalue weighted by Crippen LogP contribution is 2.38. The zero-order valence-electron chi connectivity index (χ0n) is 11.4. The molecule has 1 aliphatic rings. The van der Waals surface area contributed by atoms with Gasteiger partial charge in [-0.1, -0.05) is 0 Å². The van der Waals surface area contributed by atoms with Crippen molar-refractivity contribution in [3.05, 3.63) is 32.6 Å². The molecule has 1 aromatic rings. The molecule has 4 N–H and O–H groups in total. The molecule has 0 aromatic carbocycles. The van der Waals surface area contributed by atoms with E-state index in [1.807, 2.05) is 0 Å². The van der Waals surface area contributed by atoms with Crippen molar-refractivity contribution >= 4 is 7.82 Å². The van der Waals surface area contributed by atoms with Gasteiger partial charge in [0.1, 0.15) is 12.3 Å². The van der Waals surface area contributed by atoms with Crippen molar-refractivity contribution < 1.29 is 33.4 Å². The van der Waals surface area contributed by atoms with Crippen molar-refractivity contribution in [2.24, 2.45) is 0 Å². The third kappa shape index (κ3) is 4.32. The van der Waals surface area contributed by atoms with Gasteiger partial charge in [0.05, 0.1) is 12.7 Å². The standard InChI is InChI=1S/C10H15N2O8P.FH/c1-5-3-12(10(15)11-9(5)14)8-2-6(13)7(20-8)4-19-21(16,17)18;/h3,6-8,13H,2,4H2,1H3,(H,11,14,15)(H2,16,17,18);1H/t6-,7+,8+;/m0./s1. The summed E-state index contributed by atoms with van der Waals surface area (Å²) < 4.78 is 21.4. The van der Waals surface area contributed by atoms with E-state index in [4.69, 9.17) is 14.5 Å². The van der Waals surface area contributed by atoms with Gasteiger partial charge in [0, 0.05) is 18.2 Å². The molecular weight excluding hydrogens is 326 g/mol. The fourth-order valence-corrected chi connectivity index (χ4v) is 2.35. The lowest BCUT2D eigenvalue weighted by Gasteiger charge is -2.16. The Hall–Kier alpha value is -1.36. The van der Waals surface area contributed by atoms with E-state index in [9.17, 15) is 19.3 Å². The van der Waals surface area contributed by atoms with Gasteiger partial charge >= 0.3 is 13.5 Å². The summed E-state index contributed by atoms with van der Waals surface area (Å²) >= 11 is 0. The van der Waals surface area contributed by atoms with Crippen molar-refractivity contribution in [1.29, 1.82) is 0 Å². The molecule has 1 fully saturated rings. The number of aliphatic hydroxyl groups excluding tert-OH is 1. The van der Waals surface area contributed by atoms with E-state index in [-0.39, 0.29) is 11.1 Å². The van der Waals surface area contributed by atoms with Crippen molar-refractivity contribution in [2.45, 2.75) is 31.8 Å². The fourth-order valence-electron chi connectivity index (χ4n) is 2.01. The number of ether oxygens (including phenoxy) is 1. The number of aliphatic hydroxyl groups is 1. The van der Waals surface area contributed by atoms with Crippen molar-refractivity contribution in [1.82, 2.24) is 9.55 Å². The zero-order chi connectivity index (χ0) is 15.8. The van der Waals surface area contributed by atoms with Crippen LogP contribution in [0.1, 0.15) is 18.2 Å². The van der Waals surface area contributed by atoms with Gasteiger partial charge in [0.2, 0.25) is 0 Å². The first-order chi connectivity index (χ1) is 9.67. The number of phosphoric ester groups is 1. The average Bonchev–Trinajstić information content (AvgIpc) is 2.72. The molecule has 0 amide bonds. The Morgan fingerprint density at radius 2 is 2.14 bits per heavy atom. The summed E-state index contributed by atoms with van der Waals surface area (Å²) in [7, 11) is -4.67. The molecule has 2 rings (SSSR count). The molecular formula is C10H16FN2O8P. The van der Waals surface area contributed by atoms with Crippen molar-refractivity contribution in [3.63, 3.8) is 0 Å². The fraction of sp³-hybridized carbons (Fsp3) is 0.600. The Labute approximate surface area is 122 Å². The second-order valence-corrected chi connectivity index (χ2v) is 5.94. The third-order valence-electron chi connectivity index (χ3n) is 3.07. The van der Waals surface area contributed by atoms with Gasteiger partial charge in [-0.15, -0.1) is 0 Å². The van der Waals surface area contributed by atoms with Gasteiger partial charge in [-0.05, 0) is 6.92 Å². The first-order valence-corrected chi connectivity index (χ1v) is 7.56. The number of aryl methyl sites for hydroxylation is 1. The van der Waals surface area contributed by atoms with Crippen molar-refractivity contribution in [3.8, 4) is 0 Å². The van der Waals surface area contributed by atoms with E-state index in [1.165, 1.54) is 13.1 Å². The van der Waals surface area contributed by atoms with E-state index in [1.54, 1.807) is 0 Å². The number of hydrogen-bond donors (Lipinski definition) is 4. The first kappa shape index (κ1) is 18.7. The molecule has 22 heavy (non-hydrogen) atoms. The van der Waals surface area contributed by atoms with Crippen LogP contribution in [-0.2, 0) is 13.8 Å². The summed E-state index contributed by atoms with van der Waals surface area (Å²) in [4.78, 5) is 42.3. The minimum atomic E-state index is -4.67. The summed E-state index contributed by atoms with van der Waals surface area (Å²) in [6.07, 6.45) is -1.57. The minimum absolute atomic E-state index is 0. The minimum Gasteiger partial charge on any atom is -0.390 e. The number of hydrogen-bond acceptors (Lipinski definition) is 6.